The highest BCUT2D eigenvalue weighted by molar-refractivity contribution is 7.88. The van der Waals surface area contributed by atoms with Crippen LogP contribution in [0, 0.1) is 0 Å². The first-order chi connectivity index (χ1) is 8.77. The normalized spacial score (nSPS) is 22.1. The van der Waals surface area contributed by atoms with Gasteiger partial charge in [0.15, 0.2) is 0 Å². The van der Waals surface area contributed by atoms with Crippen molar-refractivity contribution in [2.24, 2.45) is 0 Å². The van der Waals surface area contributed by atoms with Crippen molar-refractivity contribution < 1.29 is 28.2 Å². The maximum Gasteiger partial charge on any atom is 0.326 e. The fraction of sp³-hybridized carbons (Fsp3) is 0.800. The molecular formula is C10H18N2O6S. The van der Waals surface area contributed by atoms with Gasteiger partial charge < -0.3 is 15.5 Å². The number of carbonyl (C=O) groups excluding carboxylic acids is 1. The van der Waals surface area contributed by atoms with E-state index in [1.165, 1.54) is 0 Å². The standard InChI is InChI=1S/C10H18N2O6S/c1-19(17,18)12-5-2-3-8(12)9(14)11-7(4-6-13)10(15)16/h7-8,13H,2-6H2,1H3,(H,11,14)(H,15,16). The van der Waals surface area contributed by atoms with E-state index in [1.807, 2.05) is 0 Å². The first-order valence-electron chi connectivity index (χ1n) is 5.88. The molecule has 8 nitrogen and oxygen atoms in total. The van der Waals surface area contributed by atoms with Crippen molar-refractivity contribution in [3.8, 4) is 0 Å². The van der Waals surface area contributed by atoms with Crippen LogP contribution in [0.1, 0.15) is 19.3 Å². The Kier molecular flexibility index (Phi) is 5.27. The maximum absolute atomic E-state index is 11.9. The molecule has 1 heterocycles. The number of carboxylic acids is 1. The monoisotopic (exact) mass is 294 g/mol. The largest absolute Gasteiger partial charge is 0.480 e. The molecule has 0 saturated carbocycles. The van der Waals surface area contributed by atoms with Crippen LogP contribution >= 0.6 is 0 Å². The molecule has 0 spiro atoms. The summed E-state index contributed by atoms with van der Waals surface area (Å²) >= 11 is 0. The number of carboxylic acid groups (broad SMARTS) is 1. The molecule has 0 aromatic rings. The second-order valence-corrected chi connectivity index (χ2v) is 6.38. The smallest absolute Gasteiger partial charge is 0.326 e. The molecular weight excluding hydrogens is 276 g/mol. The summed E-state index contributed by atoms with van der Waals surface area (Å²) in [5, 5.41) is 19.8. The van der Waals surface area contributed by atoms with Crippen molar-refractivity contribution >= 4 is 21.9 Å². The molecule has 1 aliphatic rings. The molecule has 0 aromatic carbocycles. The summed E-state index contributed by atoms with van der Waals surface area (Å²) in [6.45, 7) is -0.119. The number of rotatable bonds is 6. The van der Waals surface area contributed by atoms with E-state index in [0.29, 0.717) is 12.8 Å². The Morgan fingerprint density at radius 1 is 1.47 bits per heavy atom. The molecule has 1 saturated heterocycles. The van der Waals surface area contributed by atoms with Crippen molar-refractivity contribution in [1.82, 2.24) is 9.62 Å². The summed E-state index contributed by atoms with van der Waals surface area (Å²) in [5.74, 6) is -1.89. The summed E-state index contributed by atoms with van der Waals surface area (Å²) in [5.41, 5.74) is 0. The molecule has 9 heteroatoms. The summed E-state index contributed by atoms with van der Waals surface area (Å²) in [6.07, 6.45) is 1.82. The van der Waals surface area contributed by atoms with Crippen molar-refractivity contribution in [3.63, 3.8) is 0 Å². The van der Waals surface area contributed by atoms with Crippen molar-refractivity contribution in [2.75, 3.05) is 19.4 Å². The van der Waals surface area contributed by atoms with E-state index in [1.54, 1.807) is 0 Å². The number of aliphatic hydroxyl groups is 1. The number of hydrogen-bond donors (Lipinski definition) is 3. The van der Waals surface area contributed by atoms with Gasteiger partial charge >= 0.3 is 5.97 Å². The number of hydrogen-bond acceptors (Lipinski definition) is 5. The zero-order valence-electron chi connectivity index (χ0n) is 10.6. The van der Waals surface area contributed by atoms with Crippen LogP contribution in [-0.2, 0) is 19.6 Å². The Balaban J connectivity index is 2.74. The van der Waals surface area contributed by atoms with Crippen molar-refractivity contribution in [2.45, 2.75) is 31.3 Å². The molecule has 0 aliphatic carbocycles. The van der Waals surface area contributed by atoms with Crippen LogP contribution < -0.4 is 5.32 Å². The molecule has 2 unspecified atom stereocenters. The molecule has 0 radical (unpaired) electrons. The van der Waals surface area contributed by atoms with Crippen molar-refractivity contribution in [1.29, 1.82) is 0 Å². The van der Waals surface area contributed by atoms with Crippen LogP contribution in [0.25, 0.3) is 0 Å². The number of nitrogens with zero attached hydrogens (tertiary/aromatic N) is 1. The molecule has 1 rings (SSSR count). The van der Waals surface area contributed by atoms with Gasteiger partial charge in [0.25, 0.3) is 0 Å². The highest BCUT2D eigenvalue weighted by Gasteiger charge is 2.37. The number of sulfonamides is 1. The molecule has 110 valence electrons. The second kappa shape index (κ2) is 6.31. The van der Waals surface area contributed by atoms with Crippen LogP contribution in [0.3, 0.4) is 0 Å². The van der Waals surface area contributed by atoms with E-state index < -0.39 is 34.0 Å². The minimum Gasteiger partial charge on any atom is -0.480 e. The van der Waals surface area contributed by atoms with Gasteiger partial charge in [-0.05, 0) is 12.8 Å². The van der Waals surface area contributed by atoms with E-state index in [-0.39, 0.29) is 19.6 Å². The van der Waals surface area contributed by atoms with Gasteiger partial charge in [-0.3, -0.25) is 4.79 Å². The van der Waals surface area contributed by atoms with Gasteiger partial charge in [-0.2, -0.15) is 4.31 Å². The van der Waals surface area contributed by atoms with Crippen LogP contribution in [0.15, 0.2) is 0 Å². The molecule has 2 atom stereocenters. The Morgan fingerprint density at radius 3 is 2.58 bits per heavy atom. The van der Waals surface area contributed by atoms with Gasteiger partial charge in [-0.1, -0.05) is 0 Å². The van der Waals surface area contributed by atoms with Crippen LogP contribution in [0.4, 0.5) is 0 Å². The van der Waals surface area contributed by atoms with Crippen LogP contribution in [0.2, 0.25) is 0 Å². The minimum absolute atomic E-state index is 0.118. The first-order valence-corrected chi connectivity index (χ1v) is 7.73. The zero-order chi connectivity index (χ0) is 14.6. The molecule has 1 aliphatic heterocycles. The molecule has 1 amide bonds. The third-order valence-electron chi connectivity index (χ3n) is 2.96. The topological polar surface area (TPSA) is 124 Å². The number of nitrogens with one attached hydrogen (secondary N) is 1. The lowest BCUT2D eigenvalue weighted by atomic mass is 10.1. The van der Waals surface area contributed by atoms with Gasteiger partial charge in [0.2, 0.25) is 15.9 Å². The third kappa shape index (κ3) is 4.15. The van der Waals surface area contributed by atoms with Gasteiger partial charge in [-0.15, -0.1) is 0 Å². The van der Waals surface area contributed by atoms with Crippen LogP contribution in [-0.4, -0.2) is 66.3 Å². The summed E-state index contributed by atoms with van der Waals surface area (Å²) in [7, 11) is -3.49. The number of aliphatic carboxylic acids is 1. The van der Waals surface area contributed by atoms with Crippen molar-refractivity contribution in [3.05, 3.63) is 0 Å². The Bertz CT molecular complexity index is 449. The predicted octanol–water partition coefficient (Wildman–Crippen LogP) is -1.64. The summed E-state index contributed by atoms with van der Waals surface area (Å²) < 4.78 is 24.0. The van der Waals surface area contributed by atoms with E-state index >= 15 is 0 Å². The molecule has 0 bridgehead atoms. The lowest BCUT2D eigenvalue weighted by Gasteiger charge is -2.23. The fourth-order valence-corrected chi connectivity index (χ4v) is 3.18. The third-order valence-corrected chi connectivity index (χ3v) is 4.25. The lowest BCUT2D eigenvalue weighted by molar-refractivity contribution is -0.142. The van der Waals surface area contributed by atoms with E-state index in [0.717, 1.165) is 10.6 Å². The number of aliphatic hydroxyl groups excluding tert-OH is 1. The highest BCUT2D eigenvalue weighted by atomic mass is 32.2. The Labute approximate surface area is 111 Å². The average Bonchev–Trinajstić information content (AvgIpc) is 2.76. The molecule has 19 heavy (non-hydrogen) atoms. The molecule has 1 fully saturated rings. The van der Waals surface area contributed by atoms with Crippen LogP contribution in [0.5, 0.6) is 0 Å². The first kappa shape index (κ1) is 15.9. The molecule has 0 aromatic heterocycles. The second-order valence-electron chi connectivity index (χ2n) is 4.44. The minimum atomic E-state index is -3.49. The molecule has 3 N–H and O–H groups in total. The summed E-state index contributed by atoms with van der Waals surface area (Å²) in [4.78, 5) is 22.8. The lowest BCUT2D eigenvalue weighted by Crippen LogP contribution is -2.50. The van der Waals surface area contributed by atoms with E-state index in [4.69, 9.17) is 10.2 Å². The Hall–Kier alpha value is -1.19. The van der Waals surface area contributed by atoms with Gasteiger partial charge in [0.05, 0.1) is 6.26 Å². The Morgan fingerprint density at radius 2 is 2.11 bits per heavy atom. The number of carbonyl (C=O) groups is 2. The fourth-order valence-electron chi connectivity index (χ4n) is 2.05. The quantitative estimate of drug-likeness (QED) is 0.540. The van der Waals surface area contributed by atoms with E-state index in [9.17, 15) is 18.0 Å². The average molecular weight is 294 g/mol. The number of amides is 1. The summed E-state index contributed by atoms with van der Waals surface area (Å²) in [6, 6.07) is -2.07. The zero-order valence-corrected chi connectivity index (χ0v) is 11.4. The predicted molar refractivity (Wildman–Crippen MR) is 65.8 cm³/mol. The highest BCUT2D eigenvalue weighted by Crippen LogP contribution is 2.20. The van der Waals surface area contributed by atoms with E-state index in [2.05, 4.69) is 5.32 Å². The van der Waals surface area contributed by atoms with Gasteiger partial charge in [0.1, 0.15) is 12.1 Å². The van der Waals surface area contributed by atoms with Gasteiger partial charge in [0, 0.05) is 19.6 Å². The van der Waals surface area contributed by atoms with Gasteiger partial charge in [-0.25, -0.2) is 13.2 Å². The maximum atomic E-state index is 11.9. The SMILES string of the molecule is CS(=O)(=O)N1CCCC1C(=O)NC(CCO)C(=O)O.